The average Bonchev–Trinajstić information content (AvgIpc) is 2.47. The van der Waals surface area contributed by atoms with Gasteiger partial charge in [-0.05, 0) is 31.4 Å². The molecule has 2 atom stereocenters. The third-order valence-electron chi connectivity index (χ3n) is 3.68. The zero-order valence-corrected chi connectivity index (χ0v) is 17.6. The van der Waals surface area contributed by atoms with Crippen LogP contribution in [0.1, 0.15) is 28.3 Å². The van der Waals surface area contributed by atoms with Gasteiger partial charge in [0.1, 0.15) is 0 Å². The van der Waals surface area contributed by atoms with E-state index < -0.39 is 18.1 Å². The molecule has 0 aromatic heterocycles. The molecule has 5 heteroatoms. The van der Waals surface area contributed by atoms with Crippen LogP contribution in [0.25, 0.3) is 0 Å². The largest absolute Gasteiger partial charge is 1.00 e. The Morgan fingerprint density at radius 1 is 1.12 bits per heavy atom. The standard InChI is InChI=1S/C19H23NO3.K/c1-13-8-14(2)10-16(9-13)18(19(22)23)20-12-17(21)11-15-6-4-3-5-7-15;/h3-10,17-18,20-21H,11-12H2,1-2H3,(H,22,23);/q;+1/p-1/t17-,18?;/m1./s1. The Labute approximate surface area is 185 Å². The molecule has 0 amide bonds. The molecule has 2 rings (SSSR count). The molecule has 0 aliphatic heterocycles. The number of aliphatic hydroxyl groups excluding tert-OH is 1. The number of nitrogens with one attached hydrogen (secondary N) is 1. The predicted octanol–water partition coefficient (Wildman–Crippen LogP) is -1.71. The minimum atomic E-state index is -1.19. The van der Waals surface area contributed by atoms with Crippen molar-refractivity contribution >= 4 is 5.97 Å². The summed E-state index contributed by atoms with van der Waals surface area (Å²) in [7, 11) is 0. The van der Waals surface area contributed by atoms with Crippen molar-refractivity contribution in [1.82, 2.24) is 5.32 Å². The molecule has 2 aromatic carbocycles. The van der Waals surface area contributed by atoms with Crippen LogP contribution in [0, 0.1) is 13.8 Å². The molecule has 0 spiro atoms. The molecule has 0 aliphatic rings. The van der Waals surface area contributed by atoms with E-state index in [9.17, 15) is 15.0 Å². The Morgan fingerprint density at radius 2 is 1.71 bits per heavy atom. The maximum absolute atomic E-state index is 11.4. The van der Waals surface area contributed by atoms with Gasteiger partial charge in [-0.15, -0.1) is 0 Å². The first-order valence-electron chi connectivity index (χ1n) is 7.70. The van der Waals surface area contributed by atoms with E-state index in [0.29, 0.717) is 12.0 Å². The fourth-order valence-electron chi connectivity index (χ4n) is 2.73. The summed E-state index contributed by atoms with van der Waals surface area (Å²) >= 11 is 0. The molecule has 122 valence electrons. The molecular formula is C19H22KNO3. The summed E-state index contributed by atoms with van der Waals surface area (Å²) in [4.78, 5) is 11.4. The quantitative estimate of drug-likeness (QED) is 0.583. The van der Waals surface area contributed by atoms with Crippen LogP contribution in [0.2, 0.25) is 0 Å². The number of carboxylic acids is 1. The monoisotopic (exact) mass is 351 g/mol. The van der Waals surface area contributed by atoms with Crippen LogP contribution in [0.4, 0.5) is 0 Å². The van der Waals surface area contributed by atoms with Gasteiger partial charge in [-0.3, -0.25) is 0 Å². The van der Waals surface area contributed by atoms with E-state index in [1.807, 2.05) is 62.4 Å². The molecule has 0 saturated heterocycles. The molecule has 24 heavy (non-hydrogen) atoms. The molecule has 4 nitrogen and oxygen atoms in total. The molecule has 0 saturated carbocycles. The topological polar surface area (TPSA) is 72.4 Å². The Bertz CT molecular complexity index is 641. The zero-order chi connectivity index (χ0) is 16.8. The second-order valence-electron chi connectivity index (χ2n) is 5.92. The number of carbonyl (C=O) groups is 1. The number of carboxylic acid groups (broad SMARTS) is 1. The third-order valence-corrected chi connectivity index (χ3v) is 3.68. The number of aliphatic hydroxyl groups is 1. The molecular weight excluding hydrogens is 329 g/mol. The van der Waals surface area contributed by atoms with Crippen LogP contribution in [-0.4, -0.2) is 23.7 Å². The van der Waals surface area contributed by atoms with Gasteiger partial charge in [0, 0.05) is 6.54 Å². The van der Waals surface area contributed by atoms with Crippen molar-refractivity contribution in [2.24, 2.45) is 0 Å². The summed E-state index contributed by atoms with van der Waals surface area (Å²) in [5.74, 6) is -1.19. The number of rotatable bonds is 7. The maximum Gasteiger partial charge on any atom is 1.00 e. The van der Waals surface area contributed by atoms with Gasteiger partial charge in [0.05, 0.1) is 18.1 Å². The van der Waals surface area contributed by atoms with Crippen LogP contribution >= 0.6 is 0 Å². The molecule has 0 bridgehead atoms. The number of hydrogen-bond donors (Lipinski definition) is 2. The van der Waals surface area contributed by atoms with Crippen molar-refractivity contribution in [3.63, 3.8) is 0 Å². The van der Waals surface area contributed by atoms with Gasteiger partial charge in [0.15, 0.2) is 0 Å². The summed E-state index contributed by atoms with van der Waals surface area (Å²) in [6.45, 7) is 4.03. The fourth-order valence-corrected chi connectivity index (χ4v) is 2.73. The van der Waals surface area contributed by atoms with E-state index in [4.69, 9.17) is 0 Å². The van der Waals surface area contributed by atoms with Gasteiger partial charge in [0.2, 0.25) is 0 Å². The second kappa shape index (κ2) is 10.5. The van der Waals surface area contributed by atoms with E-state index in [0.717, 1.165) is 16.7 Å². The zero-order valence-electron chi connectivity index (χ0n) is 14.5. The smallest absolute Gasteiger partial charge is 0.548 e. The van der Waals surface area contributed by atoms with E-state index >= 15 is 0 Å². The number of aryl methyl sites for hydroxylation is 2. The van der Waals surface area contributed by atoms with Crippen molar-refractivity contribution in [3.8, 4) is 0 Å². The number of benzene rings is 2. The Morgan fingerprint density at radius 3 is 2.25 bits per heavy atom. The van der Waals surface area contributed by atoms with Crippen LogP contribution < -0.4 is 61.8 Å². The first-order valence-corrected chi connectivity index (χ1v) is 7.70. The SMILES string of the molecule is Cc1cc(C)cc(C(NC[C@H](O)Cc2ccccc2)C(=O)[O-])c1.[K+]. The molecule has 0 aliphatic carbocycles. The second-order valence-corrected chi connectivity index (χ2v) is 5.92. The normalized spacial score (nSPS) is 13.0. The number of aliphatic carboxylic acids is 1. The van der Waals surface area contributed by atoms with Crippen LogP contribution in [0.5, 0.6) is 0 Å². The Hall–Kier alpha value is -0.534. The number of carbonyl (C=O) groups excluding carboxylic acids is 1. The van der Waals surface area contributed by atoms with Crippen LogP contribution in [0.3, 0.4) is 0 Å². The molecule has 2 aromatic rings. The van der Waals surface area contributed by atoms with Gasteiger partial charge < -0.3 is 20.3 Å². The predicted molar refractivity (Wildman–Crippen MR) is 87.8 cm³/mol. The van der Waals surface area contributed by atoms with Crippen LogP contribution in [0.15, 0.2) is 48.5 Å². The van der Waals surface area contributed by atoms with Crippen molar-refractivity contribution < 1.29 is 66.4 Å². The van der Waals surface area contributed by atoms with Gasteiger partial charge in [-0.1, -0.05) is 59.7 Å². The molecule has 2 N–H and O–H groups in total. The summed E-state index contributed by atoms with van der Waals surface area (Å²) in [6.07, 6.45) is -0.189. The van der Waals surface area contributed by atoms with Gasteiger partial charge in [0.25, 0.3) is 0 Å². The summed E-state index contributed by atoms with van der Waals surface area (Å²) < 4.78 is 0. The van der Waals surface area contributed by atoms with Crippen molar-refractivity contribution in [2.75, 3.05) is 6.54 Å². The first kappa shape index (κ1) is 21.5. The molecule has 0 fully saturated rings. The number of hydrogen-bond acceptors (Lipinski definition) is 4. The van der Waals surface area contributed by atoms with E-state index in [-0.39, 0.29) is 57.9 Å². The maximum atomic E-state index is 11.4. The van der Waals surface area contributed by atoms with Gasteiger partial charge in [-0.25, -0.2) is 0 Å². The van der Waals surface area contributed by atoms with Crippen molar-refractivity contribution in [3.05, 3.63) is 70.8 Å². The molecule has 0 heterocycles. The fraction of sp³-hybridized carbons (Fsp3) is 0.316. The Kier molecular flexibility index (Phi) is 9.37. The third kappa shape index (κ3) is 6.76. The average molecular weight is 351 g/mol. The minimum Gasteiger partial charge on any atom is -0.548 e. The molecule has 1 unspecified atom stereocenters. The van der Waals surface area contributed by atoms with Crippen LogP contribution in [-0.2, 0) is 11.2 Å². The van der Waals surface area contributed by atoms with Crippen molar-refractivity contribution in [2.45, 2.75) is 32.4 Å². The van der Waals surface area contributed by atoms with Crippen molar-refractivity contribution in [1.29, 1.82) is 0 Å². The summed E-state index contributed by atoms with van der Waals surface area (Å²) in [5, 5.41) is 24.4. The van der Waals surface area contributed by atoms with E-state index in [1.54, 1.807) is 0 Å². The van der Waals surface area contributed by atoms with E-state index in [1.165, 1.54) is 0 Å². The Balaban J connectivity index is 0.00000288. The van der Waals surface area contributed by atoms with Gasteiger partial charge in [-0.2, -0.15) is 0 Å². The van der Waals surface area contributed by atoms with Gasteiger partial charge >= 0.3 is 51.4 Å². The summed E-state index contributed by atoms with van der Waals surface area (Å²) in [6, 6.07) is 14.3. The minimum absolute atomic E-state index is 0. The van der Waals surface area contributed by atoms with E-state index in [2.05, 4.69) is 5.32 Å². The summed E-state index contributed by atoms with van der Waals surface area (Å²) in [5.41, 5.74) is 3.66. The first-order chi connectivity index (χ1) is 11.0. The molecule has 0 radical (unpaired) electrons.